The van der Waals surface area contributed by atoms with Crippen LogP contribution in [0.2, 0.25) is 5.02 Å². The maximum Gasteiger partial charge on any atom is 0.242 e. The molecule has 7 heteroatoms. The highest BCUT2D eigenvalue weighted by Gasteiger charge is 2.38. The van der Waals surface area contributed by atoms with Crippen molar-refractivity contribution in [1.82, 2.24) is 4.90 Å². The molecule has 1 aliphatic rings. The van der Waals surface area contributed by atoms with E-state index in [0.29, 0.717) is 22.4 Å². The number of halogens is 1. The molecule has 0 aromatic heterocycles. The molecule has 1 fully saturated rings. The molecule has 3 rings (SSSR count). The van der Waals surface area contributed by atoms with Crippen LogP contribution in [0.3, 0.4) is 0 Å². The minimum Gasteiger partial charge on any atom is -0.326 e. The van der Waals surface area contributed by atoms with Crippen LogP contribution in [0.15, 0.2) is 59.6 Å². The highest BCUT2D eigenvalue weighted by molar-refractivity contribution is 8.15. The predicted octanol–water partition coefficient (Wildman–Crippen LogP) is 5.10. The minimum atomic E-state index is -0.466. The topological polar surface area (TPSA) is 61.8 Å². The van der Waals surface area contributed by atoms with E-state index in [1.54, 1.807) is 29.2 Å². The Hall–Kier alpha value is -2.31. The molecule has 2 amide bonds. The number of rotatable bonds is 7. The normalized spacial score (nSPS) is 17.9. The first-order chi connectivity index (χ1) is 13.6. The van der Waals surface area contributed by atoms with Gasteiger partial charge in [0, 0.05) is 23.7 Å². The van der Waals surface area contributed by atoms with Gasteiger partial charge in [0.2, 0.25) is 11.8 Å². The number of aliphatic imine (C=N–C) groups is 1. The summed E-state index contributed by atoms with van der Waals surface area (Å²) < 4.78 is 0. The van der Waals surface area contributed by atoms with Gasteiger partial charge in [-0.2, -0.15) is 0 Å². The molecule has 1 atom stereocenters. The highest BCUT2D eigenvalue weighted by Crippen LogP contribution is 2.32. The summed E-state index contributed by atoms with van der Waals surface area (Å²) >= 11 is 7.22. The number of nitrogens with zero attached hydrogens (tertiary/aromatic N) is 2. The van der Waals surface area contributed by atoms with Crippen LogP contribution in [0.1, 0.15) is 26.2 Å². The molecular weight excluding hydrogens is 394 g/mol. The molecule has 28 heavy (non-hydrogen) atoms. The molecule has 0 radical (unpaired) electrons. The summed E-state index contributed by atoms with van der Waals surface area (Å²) in [6.07, 6.45) is 1.97. The van der Waals surface area contributed by atoms with Crippen molar-refractivity contribution in [2.24, 2.45) is 4.99 Å². The highest BCUT2D eigenvalue weighted by atomic mass is 35.5. The zero-order valence-corrected chi connectivity index (χ0v) is 17.2. The minimum absolute atomic E-state index is 0.0561. The average Bonchev–Trinajstić information content (AvgIpc) is 2.97. The quantitative estimate of drug-likeness (QED) is 0.684. The van der Waals surface area contributed by atoms with Gasteiger partial charge in [0.25, 0.3) is 0 Å². The number of carbonyl (C=O) groups is 2. The van der Waals surface area contributed by atoms with Gasteiger partial charge in [0.15, 0.2) is 5.17 Å². The molecule has 1 N–H and O–H groups in total. The summed E-state index contributed by atoms with van der Waals surface area (Å²) in [7, 11) is 0. The lowest BCUT2D eigenvalue weighted by Gasteiger charge is -2.15. The Morgan fingerprint density at radius 1 is 1.18 bits per heavy atom. The van der Waals surface area contributed by atoms with E-state index in [1.165, 1.54) is 11.8 Å². The second-order valence-corrected chi connectivity index (χ2v) is 8.05. The third-order valence-corrected chi connectivity index (χ3v) is 5.66. The molecule has 0 bridgehead atoms. The number of carbonyl (C=O) groups excluding carboxylic acids is 2. The lowest BCUT2D eigenvalue weighted by molar-refractivity contribution is -0.128. The summed E-state index contributed by atoms with van der Waals surface area (Å²) in [4.78, 5) is 31.6. The van der Waals surface area contributed by atoms with Crippen LogP contribution >= 0.6 is 23.4 Å². The van der Waals surface area contributed by atoms with Gasteiger partial charge >= 0.3 is 0 Å². The van der Waals surface area contributed by atoms with Crippen LogP contribution in [-0.4, -0.2) is 33.7 Å². The van der Waals surface area contributed by atoms with Crippen molar-refractivity contribution in [2.45, 2.75) is 31.4 Å². The Balaban J connectivity index is 1.70. The van der Waals surface area contributed by atoms with E-state index in [0.717, 1.165) is 18.5 Å². The molecule has 146 valence electrons. The van der Waals surface area contributed by atoms with E-state index >= 15 is 0 Å². The third-order valence-electron chi connectivity index (χ3n) is 4.24. The molecule has 2 aromatic rings. The maximum atomic E-state index is 12.9. The molecule has 0 unspecified atom stereocenters. The SMILES string of the molecule is CCCCN1C(=O)[C@@H](CC(=O)Nc2ccc(Cl)cc2)SC1=Nc1ccccc1. The van der Waals surface area contributed by atoms with Gasteiger partial charge in [-0.25, -0.2) is 4.99 Å². The number of amidine groups is 1. The van der Waals surface area contributed by atoms with E-state index in [9.17, 15) is 9.59 Å². The number of anilines is 1. The Morgan fingerprint density at radius 2 is 1.89 bits per heavy atom. The third kappa shape index (κ3) is 5.36. The van der Waals surface area contributed by atoms with E-state index in [-0.39, 0.29) is 18.2 Å². The van der Waals surface area contributed by atoms with Crippen LogP contribution in [0.5, 0.6) is 0 Å². The second kappa shape index (κ2) is 9.75. The lowest BCUT2D eigenvalue weighted by Crippen LogP contribution is -2.34. The van der Waals surface area contributed by atoms with Gasteiger partial charge in [-0.3, -0.25) is 14.5 Å². The number of thioether (sulfide) groups is 1. The van der Waals surface area contributed by atoms with Crippen LogP contribution in [0.25, 0.3) is 0 Å². The number of nitrogens with one attached hydrogen (secondary N) is 1. The van der Waals surface area contributed by atoms with Crippen molar-refractivity contribution < 1.29 is 9.59 Å². The first-order valence-electron chi connectivity index (χ1n) is 9.24. The predicted molar refractivity (Wildman–Crippen MR) is 116 cm³/mol. The van der Waals surface area contributed by atoms with Gasteiger partial charge in [0.1, 0.15) is 5.25 Å². The van der Waals surface area contributed by atoms with E-state index < -0.39 is 5.25 Å². The fraction of sp³-hybridized carbons (Fsp3) is 0.286. The summed E-state index contributed by atoms with van der Waals surface area (Å²) in [5.41, 5.74) is 1.46. The first-order valence-corrected chi connectivity index (χ1v) is 10.5. The van der Waals surface area contributed by atoms with Gasteiger partial charge in [-0.05, 0) is 42.8 Å². The van der Waals surface area contributed by atoms with Crippen LogP contribution < -0.4 is 5.32 Å². The van der Waals surface area contributed by atoms with Crippen molar-refractivity contribution in [2.75, 3.05) is 11.9 Å². The smallest absolute Gasteiger partial charge is 0.242 e. The Bertz CT molecular complexity index is 856. The first kappa shape index (κ1) is 20.4. The molecule has 1 heterocycles. The standard InChI is InChI=1S/C21H22ClN3O2S/c1-2-3-13-25-20(27)18(28-21(25)24-16-7-5-4-6-8-16)14-19(26)23-17-11-9-15(22)10-12-17/h4-12,18H,2-3,13-14H2,1H3,(H,23,26)/t18-/m1/s1. The average molecular weight is 416 g/mol. The fourth-order valence-electron chi connectivity index (χ4n) is 2.77. The van der Waals surface area contributed by atoms with E-state index in [2.05, 4.69) is 17.2 Å². The van der Waals surface area contributed by atoms with Gasteiger partial charge < -0.3 is 5.32 Å². The zero-order chi connectivity index (χ0) is 19.9. The molecule has 0 saturated carbocycles. The Labute approximate surface area is 174 Å². The van der Waals surface area contributed by atoms with Crippen molar-refractivity contribution in [1.29, 1.82) is 0 Å². The molecule has 5 nitrogen and oxygen atoms in total. The fourth-order valence-corrected chi connectivity index (χ4v) is 4.08. The van der Waals surface area contributed by atoms with Gasteiger partial charge in [-0.1, -0.05) is 54.9 Å². The second-order valence-electron chi connectivity index (χ2n) is 6.44. The number of hydrogen-bond donors (Lipinski definition) is 1. The number of unbranched alkanes of at least 4 members (excludes halogenated alkanes) is 1. The Morgan fingerprint density at radius 3 is 2.57 bits per heavy atom. The largest absolute Gasteiger partial charge is 0.326 e. The molecule has 1 aliphatic heterocycles. The number of para-hydroxylation sites is 1. The van der Waals surface area contributed by atoms with Gasteiger partial charge in [-0.15, -0.1) is 0 Å². The van der Waals surface area contributed by atoms with Crippen molar-refractivity contribution in [3.05, 3.63) is 59.6 Å². The molecule has 0 aliphatic carbocycles. The maximum absolute atomic E-state index is 12.9. The van der Waals surface area contributed by atoms with Crippen molar-refractivity contribution >= 4 is 51.7 Å². The number of benzene rings is 2. The number of hydrogen-bond acceptors (Lipinski definition) is 4. The van der Waals surface area contributed by atoms with E-state index in [1.807, 2.05) is 30.3 Å². The van der Waals surface area contributed by atoms with Crippen LogP contribution in [0, 0.1) is 0 Å². The van der Waals surface area contributed by atoms with Crippen molar-refractivity contribution in [3.63, 3.8) is 0 Å². The lowest BCUT2D eigenvalue weighted by atomic mass is 10.2. The van der Waals surface area contributed by atoms with Gasteiger partial charge in [0.05, 0.1) is 5.69 Å². The molecular formula is C21H22ClN3O2S. The Kier molecular flexibility index (Phi) is 7.12. The van der Waals surface area contributed by atoms with E-state index in [4.69, 9.17) is 11.6 Å². The summed E-state index contributed by atoms with van der Waals surface area (Å²) in [5.74, 6) is -0.260. The number of amides is 2. The zero-order valence-electron chi connectivity index (χ0n) is 15.6. The molecule has 2 aromatic carbocycles. The summed E-state index contributed by atoms with van der Waals surface area (Å²) in [5, 5.41) is 3.62. The monoisotopic (exact) mass is 415 g/mol. The summed E-state index contributed by atoms with van der Waals surface area (Å²) in [6, 6.07) is 16.4. The summed E-state index contributed by atoms with van der Waals surface area (Å²) in [6.45, 7) is 2.70. The molecule has 1 saturated heterocycles. The van der Waals surface area contributed by atoms with Crippen LogP contribution in [-0.2, 0) is 9.59 Å². The molecule has 0 spiro atoms. The van der Waals surface area contributed by atoms with Crippen molar-refractivity contribution in [3.8, 4) is 0 Å². The van der Waals surface area contributed by atoms with Crippen LogP contribution in [0.4, 0.5) is 11.4 Å².